The molecule has 0 saturated heterocycles. The average molecular weight is 373 g/mol. The number of hydrogen-bond acceptors (Lipinski definition) is 7. The van der Waals surface area contributed by atoms with Crippen molar-refractivity contribution in [1.82, 2.24) is 14.9 Å². The molecule has 0 amide bonds. The topological polar surface area (TPSA) is 119 Å². The third-order valence-electron chi connectivity index (χ3n) is 3.10. The maximum atomic E-state index is 12.5. The number of hydrogen-bond donors (Lipinski definition) is 1. The lowest BCUT2D eigenvalue weighted by Crippen LogP contribution is -2.30. The fraction of sp³-hybridized carbons (Fsp3) is 0.429. The molecule has 132 valence electrons. The van der Waals surface area contributed by atoms with Crippen LogP contribution in [0.25, 0.3) is 0 Å². The average Bonchev–Trinajstić information content (AvgIpc) is 2.96. The first-order chi connectivity index (χ1) is 11.1. The predicted octanol–water partition coefficient (Wildman–Crippen LogP) is 1.54. The molecule has 1 atom stereocenters. The highest BCUT2D eigenvalue weighted by Gasteiger charge is 2.28. The number of aromatic nitrogens is 2. The molecule has 0 aliphatic rings. The van der Waals surface area contributed by atoms with Gasteiger partial charge in [-0.1, -0.05) is 37.1 Å². The van der Waals surface area contributed by atoms with Crippen LogP contribution < -0.4 is 4.72 Å². The van der Waals surface area contributed by atoms with Gasteiger partial charge in [0, 0.05) is 6.26 Å². The molecule has 0 unspecified atom stereocenters. The smallest absolute Gasteiger partial charge is 0.335 e. The molecule has 1 aromatic carbocycles. The maximum absolute atomic E-state index is 12.5. The standard InChI is InChI=1S/C14H19N3O5S2/c1-10(2)9-12(13-15-16-14(22-13)23(3,18)19)17-24(20,21)11-7-5-4-6-8-11/h4-8,10,12,17H,9H2,1-3H3/t12-/m0/s1. The van der Waals surface area contributed by atoms with E-state index in [4.69, 9.17) is 4.42 Å². The zero-order valence-corrected chi connectivity index (χ0v) is 15.1. The molecule has 1 aromatic heterocycles. The van der Waals surface area contributed by atoms with E-state index in [-0.39, 0.29) is 16.7 Å². The monoisotopic (exact) mass is 373 g/mol. The predicted molar refractivity (Wildman–Crippen MR) is 86.4 cm³/mol. The van der Waals surface area contributed by atoms with Gasteiger partial charge in [0.05, 0.1) is 4.90 Å². The third kappa shape index (κ3) is 4.62. The summed E-state index contributed by atoms with van der Waals surface area (Å²) in [5.41, 5.74) is 0. The second-order valence-corrected chi connectivity index (χ2v) is 9.40. The lowest BCUT2D eigenvalue weighted by molar-refractivity contribution is 0.340. The number of nitrogens with zero attached hydrogens (tertiary/aromatic N) is 2. The van der Waals surface area contributed by atoms with Gasteiger partial charge < -0.3 is 4.42 Å². The minimum atomic E-state index is -3.81. The van der Waals surface area contributed by atoms with Crippen LogP contribution in [0.3, 0.4) is 0 Å². The molecule has 1 heterocycles. The van der Waals surface area contributed by atoms with Gasteiger partial charge in [-0.25, -0.2) is 16.8 Å². The van der Waals surface area contributed by atoms with Crippen LogP contribution in [-0.4, -0.2) is 33.3 Å². The summed E-state index contributed by atoms with van der Waals surface area (Å²) < 4.78 is 55.5. The Hall–Kier alpha value is -1.78. The van der Waals surface area contributed by atoms with Gasteiger partial charge in [-0.05, 0) is 24.5 Å². The maximum Gasteiger partial charge on any atom is 0.335 e. The van der Waals surface area contributed by atoms with Gasteiger partial charge in [0.15, 0.2) is 0 Å². The van der Waals surface area contributed by atoms with E-state index in [1.807, 2.05) is 13.8 Å². The molecule has 1 N–H and O–H groups in total. The van der Waals surface area contributed by atoms with E-state index in [0.29, 0.717) is 6.42 Å². The van der Waals surface area contributed by atoms with Crippen molar-refractivity contribution in [1.29, 1.82) is 0 Å². The first-order valence-corrected chi connectivity index (χ1v) is 10.6. The molecule has 2 aromatic rings. The normalized spacial score (nSPS) is 14.0. The second kappa shape index (κ2) is 6.99. The number of nitrogens with one attached hydrogen (secondary N) is 1. The second-order valence-electron chi connectivity index (χ2n) is 5.79. The van der Waals surface area contributed by atoms with E-state index in [9.17, 15) is 16.8 Å². The van der Waals surface area contributed by atoms with Crippen molar-refractivity contribution in [3.05, 3.63) is 36.2 Å². The van der Waals surface area contributed by atoms with Crippen molar-refractivity contribution in [2.75, 3.05) is 6.26 Å². The molecule has 0 aliphatic carbocycles. The molecular formula is C14H19N3O5S2. The summed E-state index contributed by atoms with van der Waals surface area (Å²) in [6, 6.07) is 7.04. The van der Waals surface area contributed by atoms with Gasteiger partial charge in [-0.3, -0.25) is 0 Å². The Morgan fingerprint density at radius 2 is 1.71 bits per heavy atom. The van der Waals surface area contributed by atoms with Crippen LogP contribution in [0.5, 0.6) is 0 Å². The van der Waals surface area contributed by atoms with Crippen LogP contribution in [0, 0.1) is 5.92 Å². The minimum absolute atomic E-state index is 0.0800. The highest BCUT2D eigenvalue weighted by Crippen LogP contribution is 2.24. The first kappa shape index (κ1) is 18.6. The molecule has 8 nitrogen and oxygen atoms in total. The van der Waals surface area contributed by atoms with Crippen molar-refractivity contribution in [2.45, 2.75) is 36.4 Å². The highest BCUT2D eigenvalue weighted by atomic mass is 32.2. The molecule has 24 heavy (non-hydrogen) atoms. The quantitative estimate of drug-likeness (QED) is 0.781. The van der Waals surface area contributed by atoms with Gasteiger partial charge in [0.25, 0.3) is 0 Å². The molecule has 2 rings (SSSR count). The number of sulfone groups is 1. The molecular weight excluding hydrogens is 354 g/mol. The van der Waals surface area contributed by atoms with Crippen LogP contribution >= 0.6 is 0 Å². The van der Waals surface area contributed by atoms with E-state index < -0.39 is 31.1 Å². The summed E-state index contributed by atoms with van der Waals surface area (Å²) in [7, 11) is -7.46. The number of rotatable bonds is 7. The minimum Gasteiger partial charge on any atom is -0.411 e. The lowest BCUT2D eigenvalue weighted by atomic mass is 10.0. The van der Waals surface area contributed by atoms with Gasteiger partial charge in [-0.2, -0.15) is 4.72 Å². The van der Waals surface area contributed by atoms with E-state index >= 15 is 0 Å². The Morgan fingerprint density at radius 3 is 2.21 bits per heavy atom. The van der Waals surface area contributed by atoms with Gasteiger partial charge >= 0.3 is 5.22 Å². The molecule has 0 aliphatic heterocycles. The first-order valence-electron chi connectivity index (χ1n) is 7.20. The molecule has 10 heteroatoms. The van der Waals surface area contributed by atoms with E-state index in [1.54, 1.807) is 18.2 Å². The summed E-state index contributed by atoms with van der Waals surface area (Å²) in [6.45, 7) is 3.80. The van der Waals surface area contributed by atoms with Gasteiger partial charge in [0.1, 0.15) is 6.04 Å². The SMILES string of the molecule is CC(C)C[C@H](NS(=O)(=O)c1ccccc1)c1nnc(S(C)(=O)=O)o1. The Morgan fingerprint density at radius 1 is 1.08 bits per heavy atom. The zero-order valence-electron chi connectivity index (χ0n) is 13.5. The molecule has 0 radical (unpaired) electrons. The van der Waals surface area contributed by atoms with Crippen LogP contribution in [0.1, 0.15) is 32.2 Å². The molecule has 0 fully saturated rings. The molecule has 0 saturated carbocycles. The lowest BCUT2D eigenvalue weighted by Gasteiger charge is -2.17. The zero-order chi connectivity index (χ0) is 18.0. The van der Waals surface area contributed by atoms with Gasteiger partial charge in [-0.15, -0.1) is 5.10 Å². The van der Waals surface area contributed by atoms with Crippen molar-refractivity contribution < 1.29 is 21.3 Å². The molecule has 0 spiro atoms. The van der Waals surface area contributed by atoms with Crippen LogP contribution in [0.15, 0.2) is 44.9 Å². The largest absolute Gasteiger partial charge is 0.411 e. The Labute approximate surface area is 141 Å². The number of sulfonamides is 1. The van der Waals surface area contributed by atoms with E-state index in [0.717, 1.165) is 6.26 Å². The summed E-state index contributed by atoms with van der Waals surface area (Å²) in [5, 5.41) is 6.63. The fourth-order valence-electron chi connectivity index (χ4n) is 2.04. The molecule has 0 bridgehead atoms. The summed E-state index contributed by atoms with van der Waals surface area (Å²) >= 11 is 0. The summed E-state index contributed by atoms with van der Waals surface area (Å²) in [4.78, 5) is 0.0987. The van der Waals surface area contributed by atoms with Crippen molar-refractivity contribution >= 4 is 19.9 Å². The third-order valence-corrected chi connectivity index (χ3v) is 5.38. The Balaban J connectivity index is 2.34. The highest BCUT2D eigenvalue weighted by molar-refractivity contribution is 7.90. The van der Waals surface area contributed by atoms with Crippen LogP contribution in [0.4, 0.5) is 0 Å². The van der Waals surface area contributed by atoms with Gasteiger partial charge in [0.2, 0.25) is 25.8 Å². The fourth-order valence-corrected chi connectivity index (χ4v) is 3.69. The Kier molecular flexibility index (Phi) is 5.41. The van der Waals surface area contributed by atoms with Crippen molar-refractivity contribution in [2.24, 2.45) is 5.92 Å². The summed E-state index contributed by atoms with van der Waals surface area (Å²) in [6.07, 6.45) is 1.31. The van der Waals surface area contributed by atoms with E-state index in [2.05, 4.69) is 14.9 Å². The van der Waals surface area contributed by atoms with Crippen molar-refractivity contribution in [3.63, 3.8) is 0 Å². The summed E-state index contributed by atoms with van der Waals surface area (Å²) in [5.74, 6) is 0.0330. The van der Waals surface area contributed by atoms with Crippen LogP contribution in [0.2, 0.25) is 0 Å². The number of benzene rings is 1. The van der Waals surface area contributed by atoms with Crippen molar-refractivity contribution in [3.8, 4) is 0 Å². The Bertz CT molecular complexity index is 890. The van der Waals surface area contributed by atoms with E-state index in [1.165, 1.54) is 12.1 Å². The van der Waals surface area contributed by atoms with Crippen LogP contribution in [-0.2, 0) is 19.9 Å².